The SMILES string of the molecule is Cc1c(C(=O)N(C)C)[nH]c2ncnc(Nc3ccc4c(c3)C=NC4)c12. The Morgan fingerprint density at radius 2 is 2.12 bits per heavy atom. The number of aliphatic imine (C=N–C) groups is 1. The van der Waals surface area contributed by atoms with Gasteiger partial charge in [-0.1, -0.05) is 6.07 Å². The van der Waals surface area contributed by atoms with E-state index in [1.165, 1.54) is 16.8 Å². The van der Waals surface area contributed by atoms with Gasteiger partial charge in [-0.15, -0.1) is 0 Å². The largest absolute Gasteiger partial charge is 0.343 e. The first-order valence-electron chi connectivity index (χ1n) is 7.99. The molecule has 7 heteroatoms. The molecule has 126 valence electrons. The highest BCUT2D eigenvalue weighted by Crippen LogP contribution is 2.29. The van der Waals surface area contributed by atoms with Crippen LogP contribution in [0.2, 0.25) is 0 Å². The first kappa shape index (κ1) is 15.3. The Morgan fingerprint density at radius 1 is 1.28 bits per heavy atom. The molecule has 2 aromatic heterocycles. The zero-order valence-corrected chi connectivity index (χ0v) is 14.3. The number of carbonyl (C=O) groups excluding carboxylic acids is 1. The molecular formula is C18H18N6O. The molecule has 0 bridgehead atoms. The van der Waals surface area contributed by atoms with Crippen LogP contribution in [0, 0.1) is 6.92 Å². The van der Waals surface area contributed by atoms with E-state index in [0.717, 1.165) is 28.7 Å². The van der Waals surface area contributed by atoms with E-state index in [-0.39, 0.29) is 5.91 Å². The summed E-state index contributed by atoms with van der Waals surface area (Å²) < 4.78 is 0. The molecule has 4 rings (SSSR count). The quantitative estimate of drug-likeness (QED) is 0.771. The van der Waals surface area contributed by atoms with E-state index in [1.54, 1.807) is 14.1 Å². The summed E-state index contributed by atoms with van der Waals surface area (Å²) >= 11 is 0. The normalized spacial score (nSPS) is 12.4. The molecule has 0 spiro atoms. The number of aromatic amines is 1. The van der Waals surface area contributed by atoms with Crippen LogP contribution in [0.3, 0.4) is 0 Å². The van der Waals surface area contributed by atoms with Crippen LogP contribution < -0.4 is 5.32 Å². The summed E-state index contributed by atoms with van der Waals surface area (Å²) in [5, 5.41) is 4.16. The minimum Gasteiger partial charge on any atom is -0.343 e. The van der Waals surface area contributed by atoms with Gasteiger partial charge in [0.15, 0.2) is 0 Å². The van der Waals surface area contributed by atoms with Gasteiger partial charge < -0.3 is 15.2 Å². The van der Waals surface area contributed by atoms with Crippen molar-refractivity contribution in [3.8, 4) is 0 Å². The summed E-state index contributed by atoms with van der Waals surface area (Å²) in [6.07, 6.45) is 3.37. The molecule has 7 nitrogen and oxygen atoms in total. The van der Waals surface area contributed by atoms with Gasteiger partial charge in [0.1, 0.15) is 23.5 Å². The molecule has 0 fully saturated rings. The number of nitrogens with one attached hydrogen (secondary N) is 2. The van der Waals surface area contributed by atoms with E-state index < -0.39 is 0 Å². The van der Waals surface area contributed by atoms with Gasteiger partial charge in [-0.3, -0.25) is 9.79 Å². The first-order valence-corrected chi connectivity index (χ1v) is 7.99. The van der Waals surface area contributed by atoms with Crippen LogP contribution in [0.25, 0.3) is 11.0 Å². The summed E-state index contributed by atoms with van der Waals surface area (Å²) in [7, 11) is 3.45. The van der Waals surface area contributed by atoms with Gasteiger partial charge in [0, 0.05) is 26.0 Å². The summed E-state index contributed by atoms with van der Waals surface area (Å²) in [6, 6.07) is 6.12. The predicted molar refractivity (Wildman–Crippen MR) is 97.7 cm³/mol. The Bertz CT molecular complexity index is 1020. The Kier molecular flexibility index (Phi) is 3.49. The number of fused-ring (bicyclic) bond motifs is 2. The van der Waals surface area contributed by atoms with Crippen molar-refractivity contribution in [1.82, 2.24) is 19.9 Å². The fourth-order valence-corrected chi connectivity index (χ4v) is 3.02. The summed E-state index contributed by atoms with van der Waals surface area (Å²) in [5.41, 5.74) is 5.26. The summed E-state index contributed by atoms with van der Waals surface area (Å²) in [6.45, 7) is 2.64. The van der Waals surface area contributed by atoms with Gasteiger partial charge in [-0.2, -0.15) is 0 Å². The molecule has 3 heterocycles. The molecule has 0 atom stereocenters. The van der Waals surface area contributed by atoms with Crippen molar-refractivity contribution in [2.75, 3.05) is 19.4 Å². The first-order chi connectivity index (χ1) is 12.0. The lowest BCUT2D eigenvalue weighted by molar-refractivity contribution is 0.0822. The fraction of sp³-hybridized carbons (Fsp3) is 0.222. The Hall–Kier alpha value is -3.22. The highest BCUT2D eigenvalue weighted by molar-refractivity contribution is 6.03. The number of hydrogen-bond donors (Lipinski definition) is 2. The molecule has 0 aliphatic carbocycles. The number of anilines is 2. The maximum Gasteiger partial charge on any atom is 0.270 e. The fourth-order valence-electron chi connectivity index (χ4n) is 3.02. The lowest BCUT2D eigenvalue weighted by Crippen LogP contribution is -2.22. The second-order valence-corrected chi connectivity index (χ2v) is 6.28. The molecular weight excluding hydrogens is 316 g/mol. The molecule has 0 saturated heterocycles. The van der Waals surface area contributed by atoms with Crippen molar-refractivity contribution in [3.05, 3.63) is 46.9 Å². The van der Waals surface area contributed by atoms with Crippen LogP contribution in [-0.4, -0.2) is 46.1 Å². The van der Waals surface area contributed by atoms with E-state index in [4.69, 9.17) is 0 Å². The van der Waals surface area contributed by atoms with Gasteiger partial charge in [0.2, 0.25) is 0 Å². The molecule has 2 N–H and O–H groups in total. The number of carbonyl (C=O) groups is 1. The van der Waals surface area contributed by atoms with Crippen molar-refractivity contribution in [3.63, 3.8) is 0 Å². The molecule has 25 heavy (non-hydrogen) atoms. The number of amides is 1. The zero-order chi connectivity index (χ0) is 17.6. The zero-order valence-electron chi connectivity index (χ0n) is 14.3. The summed E-state index contributed by atoms with van der Waals surface area (Å²) in [5.74, 6) is 0.585. The molecule has 0 unspecified atom stereocenters. The number of rotatable bonds is 3. The van der Waals surface area contributed by atoms with Crippen molar-refractivity contribution in [2.24, 2.45) is 4.99 Å². The minimum absolute atomic E-state index is 0.0878. The topological polar surface area (TPSA) is 86.3 Å². The second kappa shape index (κ2) is 5.70. The average molecular weight is 334 g/mol. The molecule has 1 amide bonds. The van der Waals surface area contributed by atoms with Crippen LogP contribution in [-0.2, 0) is 6.54 Å². The third-order valence-corrected chi connectivity index (χ3v) is 4.36. The molecule has 3 aromatic rings. The number of hydrogen-bond acceptors (Lipinski definition) is 5. The van der Waals surface area contributed by atoms with Crippen molar-refractivity contribution in [2.45, 2.75) is 13.5 Å². The maximum atomic E-state index is 12.3. The molecule has 0 saturated carbocycles. The van der Waals surface area contributed by atoms with Crippen molar-refractivity contribution in [1.29, 1.82) is 0 Å². The minimum atomic E-state index is -0.0878. The standard InChI is InChI=1S/C18H18N6O/c1-10-14-16(22-13-5-4-11-7-19-8-12(11)6-13)20-9-21-17(14)23-15(10)18(25)24(2)3/h4-6,8-9H,7H2,1-3H3,(H2,20,21,22,23). The number of benzene rings is 1. The van der Waals surface area contributed by atoms with Crippen LogP contribution in [0.4, 0.5) is 11.5 Å². The lowest BCUT2D eigenvalue weighted by atomic mass is 10.1. The molecule has 1 aromatic carbocycles. The van der Waals surface area contributed by atoms with Crippen LogP contribution >= 0.6 is 0 Å². The van der Waals surface area contributed by atoms with E-state index >= 15 is 0 Å². The number of aromatic nitrogens is 3. The molecule has 1 aliphatic rings. The van der Waals surface area contributed by atoms with Gasteiger partial charge in [0.25, 0.3) is 5.91 Å². The van der Waals surface area contributed by atoms with E-state index in [0.29, 0.717) is 17.2 Å². The monoisotopic (exact) mass is 334 g/mol. The van der Waals surface area contributed by atoms with Crippen LogP contribution in [0.5, 0.6) is 0 Å². The third-order valence-electron chi connectivity index (χ3n) is 4.36. The lowest BCUT2D eigenvalue weighted by Gasteiger charge is -2.10. The second-order valence-electron chi connectivity index (χ2n) is 6.28. The van der Waals surface area contributed by atoms with Crippen LogP contribution in [0.1, 0.15) is 27.2 Å². The predicted octanol–water partition coefficient (Wildman–Crippen LogP) is 2.64. The van der Waals surface area contributed by atoms with Crippen molar-refractivity contribution >= 4 is 34.7 Å². The smallest absolute Gasteiger partial charge is 0.270 e. The Balaban J connectivity index is 1.77. The van der Waals surface area contributed by atoms with Gasteiger partial charge >= 0.3 is 0 Å². The van der Waals surface area contributed by atoms with Gasteiger partial charge in [0.05, 0.1) is 11.9 Å². The molecule has 0 radical (unpaired) electrons. The van der Waals surface area contributed by atoms with E-state index in [9.17, 15) is 4.79 Å². The average Bonchev–Trinajstić information content (AvgIpc) is 3.19. The maximum absolute atomic E-state index is 12.3. The number of nitrogens with zero attached hydrogens (tertiary/aromatic N) is 4. The van der Waals surface area contributed by atoms with Crippen molar-refractivity contribution < 1.29 is 4.79 Å². The third kappa shape index (κ3) is 2.53. The Morgan fingerprint density at radius 3 is 2.92 bits per heavy atom. The molecule has 1 aliphatic heterocycles. The van der Waals surface area contributed by atoms with Gasteiger partial charge in [-0.05, 0) is 35.7 Å². The highest BCUT2D eigenvalue weighted by atomic mass is 16.2. The van der Waals surface area contributed by atoms with Crippen LogP contribution in [0.15, 0.2) is 29.5 Å². The Labute approximate surface area is 144 Å². The highest BCUT2D eigenvalue weighted by Gasteiger charge is 2.20. The van der Waals surface area contributed by atoms with Gasteiger partial charge in [-0.25, -0.2) is 9.97 Å². The van der Waals surface area contributed by atoms with E-state index in [2.05, 4.69) is 31.3 Å². The number of aryl methyl sites for hydroxylation is 1. The van der Waals surface area contributed by atoms with E-state index in [1.807, 2.05) is 25.3 Å². The summed E-state index contributed by atoms with van der Waals surface area (Å²) in [4.78, 5) is 29.9. The number of H-pyrrole nitrogens is 1.